The third-order valence-corrected chi connectivity index (χ3v) is 6.04. The maximum atomic E-state index is 12.8. The molecular formula is C22H25BNO8P. The fourth-order valence-electron chi connectivity index (χ4n) is 3.39. The summed E-state index contributed by atoms with van der Waals surface area (Å²) in [6.45, 7) is 3.03. The minimum Gasteiger partial charge on any atom is -0.452 e. The fourth-order valence-corrected chi connectivity index (χ4v) is 4.24. The lowest BCUT2D eigenvalue weighted by atomic mass is 10.1. The number of esters is 3. The van der Waals surface area contributed by atoms with Crippen LogP contribution < -0.4 is 5.00 Å². The molecule has 0 aliphatic carbocycles. The van der Waals surface area contributed by atoms with Gasteiger partial charge in [0, 0.05) is 12.6 Å². The molecule has 6 atom stereocenters. The minimum atomic E-state index is -1.27. The molecule has 0 saturated carbocycles. The first-order valence-corrected chi connectivity index (χ1v) is 11.4. The molecule has 0 amide bonds. The van der Waals surface area contributed by atoms with Crippen LogP contribution in [0.1, 0.15) is 34.6 Å². The van der Waals surface area contributed by atoms with Crippen LogP contribution >= 0.6 is 8.73 Å². The Morgan fingerprint density at radius 1 is 0.939 bits per heavy atom. The highest BCUT2D eigenvalue weighted by molar-refractivity contribution is 7.38. The van der Waals surface area contributed by atoms with Crippen LogP contribution in [0.2, 0.25) is 0 Å². The fraction of sp³-hybridized carbons (Fsp3) is 0.318. The molecule has 1 fully saturated rings. The number of nitrogens with one attached hydrogen (secondary N) is 1. The van der Waals surface area contributed by atoms with Crippen LogP contribution in [0.25, 0.3) is 0 Å². The Kier molecular flexibility index (Phi) is 8.97. The van der Waals surface area contributed by atoms with E-state index in [1.54, 1.807) is 60.7 Å². The Morgan fingerprint density at radius 3 is 1.94 bits per heavy atom. The molecular weight excluding hydrogens is 448 g/mol. The van der Waals surface area contributed by atoms with Crippen LogP contribution in [-0.2, 0) is 23.7 Å². The molecule has 33 heavy (non-hydrogen) atoms. The SMILES string of the molecule is CC(=O)OC1O[C@H](C(C)PNBO)[C@@H](OC(=O)c2ccccc2)[C@H]1OC(=O)c1ccccc1. The number of hydrogen-bond acceptors (Lipinski definition) is 9. The summed E-state index contributed by atoms with van der Waals surface area (Å²) in [6, 6.07) is 16.6. The molecule has 11 heteroatoms. The Bertz CT molecular complexity index is 948. The van der Waals surface area contributed by atoms with Crippen molar-refractivity contribution in [1.29, 1.82) is 0 Å². The molecule has 1 saturated heterocycles. The second-order valence-corrected chi connectivity index (χ2v) is 8.87. The molecule has 174 valence electrons. The summed E-state index contributed by atoms with van der Waals surface area (Å²) < 4.78 is 22.6. The first-order chi connectivity index (χ1) is 15.9. The van der Waals surface area contributed by atoms with E-state index in [2.05, 4.69) is 5.00 Å². The number of hydrogen-bond donors (Lipinski definition) is 2. The molecule has 1 heterocycles. The van der Waals surface area contributed by atoms with Crippen LogP contribution in [0.4, 0.5) is 0 Å². The average molecular weight is 473 g/mol. The van der Waals surface area contributed by atoms with Gasteiger partial charge < -0.3 is 29.0 Å². The van der Waals surface area contributed by atoms with E-state index in [1.165, 1.54) is 6.92 Å². The summed E-state index contributed by atoms with van der Waals surface area (Å²) in [6.07, 6.45) is -4.29. The lowest BCUT2D eigenvalue weighted by Gasteiger charge is -2.26. The van der Waals surface area contributed by atoms with Crippen molar-refractivity contribution >= 4 is 34.3 Å². The lowest BCUT2D eigenvalue weighted by Crippen LogP contribution is -2.43. The number of carbonyl (C=O) groups excluding carboxylic acids is 3. The largest absolute Gasteiger partial charge is 0.452 e. The highest BCUT2D eigenvalue weighted by Crippen LogP contribution is 2.35. The molecule has 0 spiro atoms. The zero-order valence-electron chi connectivity index (χ0n) is 18.2. The Labute approximate surface area is 193 Å². The minimum absolute atomic E-state index is 0.0358. The normalized spacial score (nSPS) is 23.1. The van der Waals surface area contributed by atoms with E-state index in [1.807, 2.05) is 6.92 Å². The van der Waals surface area contributed by atoms with E-state index in [9.17, 15) is 14.4 Å². The van der Waals surface area contributed by atoms with Crippen molar-refractivity contribution in [3.8, 4) is 0 Å². The van der Waals surface area contributed by atoms with E-state index in [-0.39, 0.29) is 27.6 Å². The molecule has 1 aliphatic rings. The van der Waals surface area contributed by atoms with Crippen LogP contribution in [-0.4, -0.2) is 60.8 Å². The molecule has 0 aromatic heterocycles. The van der Waals surface area contributed by atoms with Crippen molar-refractivity contribution < 1.29 is 38.4 Å². The second kappa shape index (κ2) is 11.9. The van der Waals surface area contributed by atoms with Crippen molar-refractivity contribution in [2.24, 2.45) is 0 Å². The number of benzene rings is 2. The Balaban J connectivity index is 1.90. The molecule has 1 aliphatic heterocycles. The Morgan fingerprint density at radius 2 is 1.45 bits per heavy atom. The summed E-state index contributed by atoms with van der Waals surface area (Å²) in [5.74, 6) is -1.95. The highest BCUT2D eigenvalue weighted by atomic mass is 31.1. The van der Waals surface area contributed by atoms with Gasteiger partial charge in [-0.3, -0.25) is 4.79 Å². The van der Waals surface area contributed by atoms with Crippen LogP contribution in [0.15, 0.2) is 60.7 Å². The van der Waals surface area contributed by atoms with Gasteiger partial charge in [0.1, 0.15) is 6.10 Å². The number of ether oxygens (including phenoxy) is 4. The van der Waals surface area contributed by atoms with Gasteiger partial charge in [-0.1, -0.05) is 52.1 Å². The topological polar surface area (TPSA) is 120 Å². The standard InChI is InChI=1S/C22H25BNO8P/c1-13(33-24-23-28)17-18(30-20(26)15-9-5-3-6-10-15)19(22(32-17)29-14(2)25)31-21(27)16-11-7-4-8-12-16/h3-13,17-19,22-24,28,33H,1-2H3/t13?,17-,18-,19-,22?/m1/s1. The first-order valence-electron chi connectivity index (χ1n) is 10.3. The van der Waals surface area contributed by atoms with E-state index >= 15 is 0 Å². The van der Waals surface area contributed by atoms with Crippen LogP contribution in [0.3, 0.4) is 0 Å². The van der Waals surface area contributed by atoms with Crippen molar-refractivity contribution in [2.45, 2.75) is 44.1 Å². The van der Waals surface area contributed by atoms with Gasteiger partial charge in [-0.15, -0.1) is 0 Å². The molecule has 2 aromatic rings. The quantitative estimate of drug-likeness (QED) is 0.242. The molecule has 3 unspecified atom stereocenters. The zero-order chi connectivity index (χ0) is 23.8. The summed E-state index contributed by atoms with van der Waals surface area (Å²) in [5.41, 5.74) is 0.320. The molecule has 3 rings (SSSR count). The summed E-state index contributed by atoms with van der Waals surface area (Å²) in [4.78, 5) is 40.1. The van der Waals surface area contributed by atoms with Crippen molar-refractivity contribution in [2.75, 3.05) is 0 Å². The van der Waals surface area contributed by atoms with Gasteiger partial charge in [-0.25, -0.2) is 9.59 Å². The van der Waals surface area contributed by atoms with Crippen LogP contribution in [0, 0.1) is 0 Å². The van der Waals surface area contributed by atoms with Gasteiger partial charge in [-0.2, -0.15) is 0 Å². The predicted molar refractivity (Wildman–Crippen MR) is 122 cm³/mol. The van der Waals surface area contributed by atoms with E-state index in [4.69, 9.17) is 24.0 Å². The van der Waals surface area contributed by atoms with Crippen molar-refractivity contribution in [1.82, 2.24) is 5.00 Å². The average Bonchev–Trinajstić information content (AvgIpc) is 3.14. The number of carbonyl (C=O) groups is 3. The van der Waals surface area contributed by atoms with Crippen molar-refractivity contribution in [3.63, 3.8) is 0 Å². The highest BCUT2D eigenvalue weighted by Gasteiger charge is 2.53. The molecule has 2 N–H and O–H groups in total. The summed E-state index contributed by atoms with van der Waals surface area (Å²) in [7, 11) is -0.210. The monoisotopic (exact) mass is 473 g/mol. The van der Waals surface area contributed by atoms with E-state index in [0.717, 1.165) is 0 Å². The smallest absolute Gasteiger partial charge is 0.361 e. The van der Waals surface area contributed by atoms with Gasteiger partial charge in [0.25, 0.3) is 0 Å². The van der Waals surface area contributed by atoms with E-state index in [0.29, 0.717) is 5.56 Å². The Hall–Kier alpha value is -2.78. The van der Waals surface area contributed by atoms with Gasteiger partial charge in [0.2, 0.25) is 12.4 Å². The summed E-state index contributed by atoms with van der Waals surface area (Å²) in [5, 5.41) is 9.12. The van der Waals surface area contributed by atoms with Crippen LogP contribution in [0.5, 0.6) is 0 Å². The molecule has 0 bridgehead atoms. The third kappa shape index (κ3) is 6.61. The molecule has 0 radical (unpaired) electrons. The van der Waals surface area contributed by atoms with Gasteiger partial charge >= 0.3 is 25.5 Å². The molecule has 9 nitrogen and oxygen atoms in total. The van der Waals surface area contributed by atoms with Crippen molar-refractivity contribution in [3.05, 3.63) is 71.8 Å². The van der Waals surface area contributed by atoms with Gasteiger partial charge in [-0.05, 0) is 24.3 Å². The first kappa shape index (κ1) is 24.9. The van der Waals surface area contributed by atoms with E-state index < -0.39 is 42.5 Å². The maximum Gasteiger partial charge on any atom is 0.361 e. The molecule has 2 aromatic carbocycles. The predicted octanol–water partition coefficient (Wildman–Crippen LogP) is 1.56. The van der Waals surface area contributed by atoms with Gasteiger partial charge in [0.15, 0.2) is 6.10 Å². The number of rotatable bonds is 9. The zero-order valence-corrected chi connectivity index (χ0v) is 19.2. The third-order valence-electron chi connectivity index (χ3n) is 4.90. The second-order valence-electron chi connectivity index (χ2n) is 7.32. The maximum absolute atomic E-state index is 12.8. The van der Waals surface area contributed by atoms with Gasteiger partial charge in [0.05, 0.1) is 11.1 Å². The lowest BCUT2D eigenvalue weighted by molar-refractivity contribution is -0.186. The summed E-state index contributed by atoms with van der Waals surface area (Å²) >= 11 is 0.